The Kier molecular flexibility index (Phi) is 6.88. The van der Waals surface area contributed by atoms with Crippen LogP contribution in [0, 0.1) is 11.3 Å². The SMILES string of the molecule is Cl.N=C(N)N1CCCC(CCCC(=O)O)C1. The first-order chi connectivity index (χ1) is 7.09. The van der Waals surface area contributed by atoms with Crippen LogP contribution in [0.15, 0.2) is 0 Å². The minimum atomic E-state index is -0.728. The van der Waals surface area contributed by atoms with Gasteiger partial charge < -0.3 is 15.7 Å². The van der Waals surface area contributed by atoms with Crippen molar-refractivity contribution in [1.29, 1.82) is 5.41 Å². The summed E-state index contributed by atoms with van der Waals surface area (Å²) in [4.78, 5) is 12.2. The Balaban J connectivity index is 0.00000225. The fraction of sp³-hybridized carbons (Fsp3) is 0.800. The largest absolute Gasteiger partial charge is 0.481 e. The predicted molar refractivity (Wildman–Crippen MR) is 64.9 cm³/mol. The number of carboxylic acids is 1. The molecular weight excluding hydrogens is 230 g/mol. The number of nitrogens with one attached hydrogen (secondary N) is 1. The van der Waals surface area contributed by atoms with Crippen molar-refractivity contribution in [2.45, 2.75) is 32.1 Å². The lowest BCUT2D eigenvalue weighted by Gasteiger charge is -2.32. The molecule has 1 aliphatic rings. The van der Waals surface area contributed by atoms with Crippen LogP contribution in [0.1, 0.15) is 32.1 Å². The minimum absolute atomic E-state index is 0. The monoisotopic (exact) mass is 249 g/mol. The van der Waals surface area contributed by atoms with Gasteiger partial charge in [0.15, 0.2) is 5.96 Å². The van der Waals surface area contributed by atoms with Gasteiger partial charge in [-0.15, -0.1) is 12.4 Å². The Morgan fingerprint density at radius 3 is 2.81 bits per heavy atom. The van der Waals surface area contributed by atoms with Crippen molar-refractivity contribution in [3.8, 4) is 0 Å². The van der Waals surface area contributed by atoms with Crippen molar-refractivity contribution < 1.29 is 9.90 Å². The van der Waals surface area contributed by atoms with E-state index < -0.39 is 5.97 Å². The summed E-state index contributed by atoms with van der Waals surface area (Å²) in [6, 6.07) is 0. The molecule has 0 aromatic carbocycles. The van der Waals surface area contributed by atoms with Gasteiger partial charge in [0.2, 0.25) is 0 Å². The number of hydrogen-bond donors (Lipinski definition) is 3. The summed E-state index contributed by atoms with van der Waals surface area (Å²) < 4.78 is 0. The Hall–Kier alpha value is -0.970. The number of guanidine groups is 1. The molecule has 0 aromatic heterocycles. The lowest BCUT2D eigenvalue weighted by Crippen LogP contribution is -2.43. The molecule has 0 bridgehead atoms. The summed E-state index contributed by atoms with van der Waals surface area (Å²) >= 11 is 0. The van der Waals surface area contributed by atoms with Crippen LogP contribution in [0.4, 0.5) is 0 Å². The van der Waals surface area contributed by atoms with E-state index in [0.717, 1.165) is 38.8 Å². The maximum absolute atomic E-state index is 10.3. The first-order valence-electron chi connectivity index (χ1n) is 5.40. The van der Waals surface area contributed by atoms with Crippen molar-refractivity contribution in [3.05, 3.63) is 0 Å². The molecule has 94 valence electrons. The Morgan fingerprint density at radius 1 is 1.56 bits per heavy atom. The number of aliphatic carboxylic acids is 1. The normalized spacial score (nSPS) is 20.0. The Bertz CT molecular complexity index is 248. The van der Waals surface area contributed by atoms with Crippen LogP contribution in [-0.4, -0.2) is 35.0 Å². The smallest absolute Gasteiger partial charge is 0.303 e. The van der Waals surface area contributed by atoms with Gasteiger partial charge >= 0.3 is 5.97 Å². The van der Waals surface area contributed by atoms with Gasteiger partial charge in [0, 0.05) is 19.5 Å². The molecule has 1 rings (SSSR count). The number of carboxylic acid groups (broad SMARTS) is 1. The third kappa shape index (κ3) is 5.21. The van der Waals surface area contributed by atoms with Crippen molar-refractivity contribution in [2.24, 2.45) is 11.7 Å². The van der Waals surface area contributed by atoms with Crippen molar-refractivity contribution in [2.75, 3.05) is 13.1 Å². The minimum Gasteiger partial charge on any atom is -0.481 e. The van der Waals surface area contributed by atoms with Crippen LogP contribution in [0.3, 0.4) is 0 Å². The molecule has 0 amide bonds. The molecule has 4 N–H and O–H groups in total. The second-order valence-electron chi connectivity index (χ2n) is 4.13. The summed E-state index contributed by atoms with van der Waals surface area (Å²) in [5.74, 6) is -0.0887. The molecule has 1 atom stereocenters. The Morgan fingerprint density at radius 2 is 2.25 bits per heavy atom. The molecular formula is C10H20ClN3O2. The number of carbonyl (C=O) groups is 1. The van der Waals surface area contributed by atoms with Crippen molar-refractivity contribution in [1.82, 2.24) is 4.90 Å². The van der Waals surface area contributed by atoms with E-state index in [1.165, 1.54) is 0 Å². The van der Waals surface area contributed by atoms with E-state index in [0.29, 0.717) is 5.92 Å². The van der Waals surface area contributed by atoms with E-state index >= 15 is 0 Å². The van der Waals surface area contributed by atoms with Gasteiger partial charge in [-0.1, -0.05) is 0 Å². The van der Waals surface area contributed by atoms with Gasteiger partial charge in [0.1, 0.15) is 0 Å². The summed E-state index contributed by atoms with van der Waals surface area (Å²) in [6.45, 7) is 1.68. The predicted octanol–water partition coefficient (Wildman–Crippen LogP) is 1.27. The van der Waals surface area contributed by atoms with Crippen LogP contribution in [0.5, 0.6) is 0 Å². The highest BCUT2D eigenvalue weighted by atomic mass is 35.5. The Labute approximate surface area is 102 Å². The van der Waals surface area contributed by atoms with Gasteiger partial charge in [-0.25, -0.2) is 0 Å². The summed E-state index contributed by atoms with van der Waals surface area (Å²) in [5.41, 5.74) is 5.42. The quantitative estimate of drug-likeness (QED) is 0.517. The fourth-order valence-corrected chi connectivity index (χ4v) is 2.06. The molecule has 0 aliphatic carbocycles. The van der Waals surface area contributed by atoms with Crippen LogP contribution in [0.25, 0.3) is 0 Å². The number of halogens is 1. The number of likely N-dealkylation sites (tertiary alicyclic amines) is 1. The number of rotatable bonds is 4. The van der Waals surface area contributed by atoms with Gasteiger partial charge in [-0.3, -0.25) is 10.2 Å². The molecule has 1 aliphatic heterocycles. The molecule has 1 unspecified atom stereocenters. The average Bonchev–Trinajstić information content (AvgIpc) is 2.17. The standard InChI is InChI=1S/C10H19N3O2.ClH/c11-10(12)13-6-2-4-8(7-13)3-1-5-9(14)15;/h8H,1-7H2,(H3,11,12)(H,14,15);1H. The lowest BCUT2D eigenvalue weighted by molar-refractivity contribution is -0.137. The molecule has 0 aromatic rings. The highest BCUT2D eigenvalue weighted by Crippen LogP contribution is 2.21. The van der Waals surface area contributed by atoms with E-state index in [2.05, 4.69) is 0 Å². The molecule has 6 heteroatoms. The maximum Gasteiger partial charge on any atom is 0.303 e. The first-order valence-corrected chi connectivity index (χ1v) is 5.40. The third-order valence-electron chi connectivity index (χ3n) is 2.86. The van der Waals surface area contributed by atoms with Gasteiger partial charge in [-0.2, -0.15) is 0 Å². The lowest BCUT2D eigenvalue weighted by atomic mass is 9.93. The summed E-state index contributed by atoms with van der Waals surface area (Å²) in [6.07, 6.45) is 4.08. The molecule has 1 heterocycles. The van der Waals surface area contributed by atoms with Gasteiger partial charge in [0.25, 0.3) is 0 Å². The van der Waals surface area contributed by atoms with E-state index in [1.54, 1.807) is 0 Å². The van der Waals surface area contributed by atoms with Crippen LogP contribution in [-0.2, 0) is 4.79 Å². The zero-order valence-electron chi connectivity index (χ0n) is 9.32. The van der Waals surface area contributed by atoms with Crippen LogP contribution >= 0.6 is 12.4 Å². The average molecular weight is 250 g/mol. The summed E-state index contributed by atoms with van der Waals surface area (Å²) in [7, 11) is 0. The third-order valence-corrected chi connectivity index (χ3v) is 2.86. The molecule has 0 spiro atoms. The second kappa shape index (κ2) is 7.33. The van der Waals surface area contributed by atoms with E-state index in [4.69, 9.17) is 16.2 Å². The maximum atomic E-state index is 10.3. The van der Waals surface area contributed by atoms with Crippen LogP contribution in [0.2, 0.25) is 0 Å². The summed E-state index contributed by atoms with van der Waals surface area (Å²) in [5, 5.41) is 15.9. The van der Waals surface area contributed by atoms with Crippen molar-refractivity contribution >= 4 is 24.3 Å². The first kappa shape index (κ1) is 15.0. The molecule has 5 nitrogen and oxygen atoms in total. The molecule has 1 fully saturated rings. The topological polar surface area (TPSA) is 90.4 Å². The highest BCUT2D eigenvalue weighted by Gasteiger charge is 2.20. The molecule has 16 heavy (non-hydrogen) atoms. The molecule has 0 saturated carbocycles. The van der Waals surface area contributed by atoms with Gasteiger partial charge in [-0.05, 0) is 31.6 Å². The number of nitrogens with zero attached hydrogens (tertiary/aromatic N) is 1. The fourth-order valence-electron chi connectivity index (χ4n) is 2.06. The van der Waals surface area contributed by atoms with Gasteiger partial charge in [0.05, 0.1) is 0 Å². The van der Waals surface area contributed by atoms with Crippen LogP contribution < -0.4 is 5.73 Å². The van der Waals surface area contributed by atoms with E-state index in [1.807, 2.05) is 4.90 Å². The van der Waals surface area contributed by atoms with Crippen molar-refractivity contribution in [3.63, 3.8) is 0 Å². The zero-order chi connectivity index (χ0) is 11.3. The zero-order valence-corrected chi connectivity index (χ0v) is 10.1. The number of hydrogen-bond acceptors (Lipinski definition) is 2. The van der Waals surface area contributed by atoms with E-state index in [-0.39, 0.29) is 24.8 Å². The second-order valence-corrected chi connectivity index (χ2v) is 4.13. The number of piperidine rings is 1. The van der Waals surface area contributed by atoms with E-state index in [9.17, 15) is 4.79 Å². The number of nitrogens with two attached hydrogens (primary N) is 1. The molecule has 1 saturated heterocycles. The highest BCUT2D eigenvalue weighted by molar-refractivity contribution is 5.85. The molecule has 0 radical (unpaired) electrons.